The number of hydrogen-bond acceptors (Lipinski definition) is 4. The molecule has 4 nitrogen and oxygen atoms in total. The van der Waals surface area contributed by atoms with Gasteiger partial charge in [-0.15, -0.1) is 11.6 Å². The summed E-state index contributed by atoms with van der Waals surface area (Å²) in [6, 6.07) is 8.87. The lowest BCUT2D eigenvalue weighted by Gasteiger charge is -2.11. The average Bonchev–Trinajstić information content (AvgIpc) is 2.93. The van der Waals surface area contributed by atoms with Crippen LogP contribution in [-0.4, -0.2) is 28.7 Å². The molecule has 2 rings (SSSR count). The predicted molar refractivity (Wildman–Crippen MR) is 80.3 cm³/mol. The number of hydrogen-bond donors (Lipinski definition) is 3. The summed E-state index contributed by atoms with van der Waals surface area (Å²) < 4.78 is 5.44. The van der Waals surface area contributed by atoms with Crippen molar-refractivity contribution in [3.8, 4) is 11.3 Å². The van der Waals surface area contributed by atoms with Crippen molar-refractivity contribution in [3.05, 3.63) is 41.1 Å². The largest absolute Gasteiger partial charge is 0.459 e. The van der Waals surface area contributed by atoms with Gasteiger partial charge in [0.15, 0.2) is 0 Å². The topological polar surface area (TPSA) is 65.6 Å². The van der Waals surface area contributed by atoms with Crippen molar-refractivity contribution < 1.29 is 14.6 Å². The monoisotopic (exact) mass is 315 g/mol. The summed E-state index contributed by atoms with van der Waals surface area (Å²) >= 11 is 11.7. The van der Waals surface area contributed by atoms with E-state index in [2.05, 4.69) is 5.32 Å². The van der Waals surface area contributed by atoms with Crippen LogP contribution in [0.5, 0.6) is 0 Å². The number of alkyl halides is 1. The van der Waals surface area contributed by atoms with Gasteiger partial charge >= 0.3 is 0 Å². The van der Waals surface area contributed by atoms with E-state index < -0.39 is 6.10 Å². The molecule has 0 aliphatic rings. The summed E-state index contributed by atoms with van der Waals surface area (Å²) in [4.78, 5) is 0. The fourth-order valence-corrected chi connectivity index (χ4v) is 2.11. The van der Waals surface area contributed by atoms with Gasteiger partial charge in [-0.1, -0.05) is 11.6 Å². The summed E-state index contributed by atoms with van der Waals surface area (Å²) in [5, 5.41) is 21.9. The van der Waals surface area contributed by atoms with Gasteiger partial charge in [0.05, 0.1) is 17.0 Å². The van der Waals surface area contributed by atoms with Gasteiger partial charge in [0, 0.05) is 17.8 Å². The fourth-order valence-electron chi connectivity index (χ4n) is 1.72. The van der Waals surface area contributed by atoms with Gasteiger partial charge in [-0.2, -0.15) is 0 Å². The van der Waals surface area contributed by atoms with Crippen LogP contribution < -0.4 is 5.32 Å². The van der Waals surface area contributed by atoms with Crippen molar-refractivity contribution in [2.24, 2.45) is 0 Å². The van der Waals surface area contributed by atoms with E-state index in [4.69, 9.17) is 32.7 Å². The predicted octanol–water partition coefficient (Wildman–Crippen LogP) is 3.10. The Morgan fingerprint density at radius 3 is 2.65 bits per heavy atom. The quantitative estimate of drug-likeness (QED) is 0.717. The van der Waals surface area contributed by atoms with Gasteiger partial charge in [0.25, 0.3) is 0 Å². The number of furan rings is 1. The zero-order chi connectivity index (χ0) is 14.5. The molecule has 1 heterocycles. The van der Waals surface area contributed by atoms with Crippen LogP contribution >= 0.6 is 23.2 Å². The Morgan fingerprint density at radius 1 is 1.25 bits per heavy atom. The second-order valence-electron chi connectivity index (χ2n) is 4.31. The summed E-state index contributed by atoms with van der Waals surface area (Å²) in [6.45, 7) is 0.210. The van der Waals surface area contributed by atoms with Crippen LogP contribution in [0.4, 0.5) is 5.69 Å². The van der Waals surface area contributed by atoms with Crippen LogP contribution in [0.15, 0.2) is 34.7 Å². The summed E-state index contributed by atoms with van der Waals surface area (Å²) in [5.41, 5.74) is 1.53. The summed E-state index contributed by atoms with van der Waals surface area (Å²) in [6.07, 6.45) is -0.604. The van der Waals surface area contributed by atoms with Crippen LogP contribution in [0.3, 0.4) is 0 Å². The van der Waals surface area contributed by atoms with E-state index in [1.54, 1.807) is 18.2 Å². The third-order valence-electron chi connectivity index (χ3n) is 2.77. The molecule has 6 heteroatoms. The third-order valence-corrected chi connectivity index (χ3v) is 3.44. The van der Waals surface area contributed by atoms with Gasteiger partial charge in [-0.3, -0.25) is 0 Å². The third kappa shape index (κ3) is 3.67. The zero-order valence-electron chi connectivity index (χ0n) is 10.6. The standard InChI is InChI=1S/C14H15Cl2NO3/c15-6-10(19)7-17-9-1-3-12(13(16)5-9)14-4-2-11(8-18)20-14/h1-5,10,17-19H,6-8H2. The number of aliphatic hydroxyl groups excluding tert-OH is 2. The molecular weight excluding hydrogens is 301 g/mol. The maximum absolute atomic E-state index is 9.38. The number of rotatable bonds is 6. The number of aliphatic hydroxyl groups is 2. The smallest absolute Gasteiger partial charge is 0.135 e. The fraction of sp³-hybridized carbons (Fsp3) is 0.286. The molecule has 0 saturated carbocycles. The second kappa shape index (κ2) is 6.99. The second-order valence-corrected chi connectivity index (χ2v) is 5.02. The van der Waals surface area contributed by atoms with Gasteiger partial charge in [0.2, 0.25) is 0 Å². The minimum atomic E-state index is -0.604. The zero-order valence-corrected chi connectivity index (χ0v) is 12.2. The molecular formula is C14H15Cl2NO3. The molecule has 0 fully saturated rings. The van der Waals surface area contributed by atoms with Crippen LogP contribution in [0.2, 0.25) is 5.02 Å². The van der Waals surface area contributed by atoms with Gasteiger partial charge < -0.3 is 19.9 Å². The van der Waals surface area contributed by atoms with Gasteiger partial charge in [-0.25, -0.2) is 0 Å². The molecule has 20 heavy (non-hydrogen) atoms. The highest BCUT2D eigenvalue weighted by Gasteiger charge is 2.09. The molecule has 1 aromatic carbocycles. The van der Waals surface area contributed by atoms with E-state index in [0.717, 1.165) is 11.3 Å². The first-order valence-electron chi connectivity index (χ1n) is 6.11. The van der Waals surface area contributed by atoms with Gasteiger partial charge in [-0.05, 0) is 30.3 Å². The number of halogens is 2. The highest BCUT2D eigenvalue weighted by Crippen LogP contribution is 2.31. The Kier molecular flexibility index (Phi) is 5.31. The molecule has 0 amide bonds. The van der Waals surface area contributed by atoms with Crippen molar-refractivity contribution in [1.82, 2.24) is 0 Å². The Morgan fingerprint density at radius 2 is 2.05 bits per heavy atom. The van der Waals surface area contributed by atoms with E-state index in [1.165, 1.54) is 0 Å². The molecule has 1 unspecified atom stereocenters. The van der Waals surface area contributed by atoms with E-state index in [9.17, 15) is 5.11 Å². The first-order chi connectivity index (χ1) is 9.63. The minimum absolute atomic E-state index is 0.145. The van der Waals surface area contributed by atoms with Gasteiger partial charge in [0.1, 0.15) is 18.1 Å². The molecule has 2 aromatic rings. The van der Waals surface area contributed by atoms with Crippen molar-refractivity contribution in [1.29, 1.82) is 0 Å². The SMILES string of the molecule is OCc1ccc(-c2ccc(NCC(O)CCl)cc2Cl)o1. The first-order valence-corrected chi connectivity index (χ1v) is 7.02. The Labute approximate surface area is 126 Å². The van der Waals surface area contributed by atoms with Crippen LogP contribution in [0.1, 0.15) is 5.76 Å². The minimum Gasteiger partial charge on any atom is -0.459 e. The van der Waals surface area contributed by atoms with E-state index in [1.807, 2.05) is 12.1 Å². The maximum Gasteiger partial charge on any atom is 0.135 e. The van der Waals surface area contributed by atoms with E-state index >= 15 is 0 Å². The lowest BCUT2D eigenvalue weighted by Crippen LogP contribution is -2.20. The lowest BCUT2D eigenvalue weighted by molar-refractivity contribution is 0.211. The van der Waals surface area contributed by atoms with Crippen molar-refractivity contribution in [2.75, 3.05) is 17.7 Å². The lowest BCUT2D eigenvalue weighted by atomic mass is 10.1. The van der Waals surface area contributed by atoms with Crippen LogP contribution in [-0.2, 0) is 6.61 Å². The molecule has 0 aliphatic carbocycles. The molecule has 3 N–H and O–H groups in total. The Bertz CT molecular complexity index is 571. The Hall–Kier alpha value is -1.20. The van der Waals surface area contributed by atoms with Crippen LogP contribution in [0, 0.1) is 0 Å². The number of benzene rings is 1. The van der Waals surface area contributed by atoms with Crippen molar-refractivity contribution in [3.63, 3.8) is 0 Å². The summed E-state index contributed by atoms with van der Waals surface area (Å²) in [5.74, 6) is 1.27. The average molecular weight is 316 g/mol. The summed E-state index contributed by atoms with van der Waals surface area (Å²) in [7, 11) is 0. The maximum atomic E-state index is 9.38. The van der Waals surface area contributed by atoms with Crippen LogP contribution in [0.25, 0.3) is 11.3 Å². The molecule has 108 valence electrons. The number of anilines is 1. The normalized spacial score (nSPS) is 12.4. The molecule has 0 radical (unpaired) electrons. The van der Waals surface area contributed by atoms with Crippen molar-refractivity contribution >= 4 is 28.9 Å². The van der Waals surface area contributed by atoms with E-state index in [0.29, 0.717) is 23.1 Å². The molecule has 0 bridgehead atoms. The Balaban J connectivity index is 2.13. The first kappa shape index (κ1) is 15.2. The molecule has 0 aliphatic heterocycles. The molecule has 1 atom stereocenters. The van der Waals surface area contributed by atoms with E-state index in [-0.39, 0.29) is 12.5 Å². The number of nitrogens with one attached hydrogen (secondary N) is 1. The molecule has 1 aromatic heterocycles. The molecule has 0 spiro atoms. The highest BCUT2D eigenvalue weighted by molar-refractivity contribution is 6.33. The molecule has 0 saturated heterocycles. The highest BCUT2D eigenvalue weighted by atomic mass is 35.5. The van der Waals surface area contributed by atoms with Crippen molar-refractivity contribution in [2.45, 2.75) is 12.7 Å².